The number of ether oxygens (including phenoxy) is 2. The molecule has 0 spiro atoms. The van der Waals surface area contributed by atoms with E-state index in [1.807, 2.05) is 71.3 Å². The second-order valence-corrected chi connectivity index (χ2v) is 11.3. The fourth-order valence-electron chi connectivity index (χ4n) is 4.63. The summed E-state index contributed by atoms with van der Waals surface area (Å²) in [5, 5.41) is 12.6. The van der Waals surface area contributed by atoms with Crippen molar-refractivity contribution in [2.24, 2.45) is 0 Å². The molecule has 5 rings (SSSR count). The lowest BCUT2D eigenvalue weighted by molar-refractivity contribution is -0.115. The van der Waals surface area contributed by atoms with Crippen LogP contribution in [0.25, 0.3) is 17.1 Å². The molecule has 0 aliphatic heterocycles. The van der Waals surface area contributed by atoms with E-state index in [2.05, 4.69) is 41.5 Å². The highest BCUT2D eigenvalue weighted by atomic mass is 35.5. The SMILES string of the molecule is COc1ccc(-c2nnc(S[C@@H](C(=O)Nc3ccc(OC)c(Cl)c3)c3ccccc3)n2-c2ccccc2C(C)C)cc1. The number of carbonyl (C=O) groups is 1. The summed E-state index contributed by atoms with van der Waals surface area (Å²) >= 11 is 7.68. The Labute approximate surface area is 254 Å². The van der Waals surface area contributed by atoms with Gasteiger partial charge in [-0.2, -0.15) is 0 Å². The monoisotopic (exact) mass is 598 g/mol. The van der Waals surface area contributed by atoms with Crippen LogP contribution in [0.4, 0.5) is 5.69 Å². The summed E-state index contributed by atoms with van der Waals surface area (Å²) in [6.07, 6.45) is 0. The molecule has 42 heavy (non-hydrogen) atoms. The summed E-state index contributed by atoms with van der Waals surface area (Å²) in [5.41, 5.74) is 4.37. The van der Waals surface area contributed by atoms with E-state index in [4.69, 9.17) is 21.1 Å². The molecule has 1 N–H and O–H groups in total. The third-order valence-electron chi connectivity index (χ3n) is 6.76. The number of hydrogen-bond acceptors (Lipinski definition) is 6. The zero-order valence-corrected chi connectivity index (χ0v) is 25.3. The Kier molecular flexibility index (Phi) is 9.15. The van der Waals surface area contributed by atoms with Crippen LogP contribution in [0.5, 0.6) is 11.5 Å². The number of methoxy groups -OCH3 is 2. The van der Waals surface area contributed by atoms with Crippen molar-refractivity contribution in [2.75, 3.05) is 19.5 Å². The van der Waals surface area contributed by atoms with E-state index < -0.39 is 5.25 Å². The highest BCUT2D eigenvalue weighted by Gasteiger charge is 2.28. The molecule has 0 radical (unpaired) electrons. The minimum atomic E-state index is -0.634. The molecule has 7 nitrogen and oxygen atoms in total. The van der Waals surface area contributed by atoms with Gasteiger partial charge < -0.3 is 14.8 Å². The van der Waals surface area contributed by atoms with Gasteiger partial charge in [0.1, 0.15) is 16.7 Å². The van der Waals surface area contributed by atoms with Gasteiger partial charge in [-0.15, -0.1) is 10.2 Å². The van der Waals surface area contributed by atoms with Crippen molar-refractivity contribution >= 4 is 35.0 Å². The molecule has 5 aromatic rings. The van der Waals surface area contributed by atoms with Crippen LogP contribution < -0.4 is 14.8 Å². The average Bonchev–Trinajstić information content (AvgIpc) is 3.43. The quantitative estimate of drug-likeness (QED) is 0.163. The van der Waals surface area contributed by atoms with Gasteiger partial charge in [-0.25, -0.2) is 0 Å². The minimum Gasteiger partial charge on any atom is -0.497 e. The number of amides is 1. The average molecular weight is 599 g/mol. The first kappa shape index (κ1) is 29.2. The first-order chi connectivity index (χ1) is 20.4. The number of hydrogen-bond donors (Lipinski definition) is 1. The number of benzene rings is 4. The molecule has 214 valence electrons. The highest BCUT2D eigenvalue weighted by Crippen LogP contribution is 2.40. The van der Waals surface area contributed by atoms with Crippen LogP contribution in [0.15, 0.2) is 102 Å². The molecule has 1 atom stereocenters. The summed E-state index contributed by atoms with van der Waals surface area (Å²) in [4.78, 5) is 13.9. The van der Waals surface area contributed by atoms with Crippen LogP contribution in [-0.4, -0.2) is 34.9 Å². The maximum Gasteiger partial charge on any atom is 0.242 e. The second-order valence-electron chi connectivity index (χ2n) is 9.83. The molecule has 0 aliphatic rings. The predicted octanol–water partition coefficient (Wildman–Crippen LogP) is 8.20. The number of aromatic nitrogens is 3. The van der Waals surface area contributed by atoms with E-state index in [1.54, 1.807) is 32.4 Å². The number of para-hydroxylation sites is 1. The molecule has 1 aromatic heterocycles. The first-order valence-electron chi connectivity index (χ1n) is 13.4. The van der Waals surface area contributed by atoms with E-state index in [-0.39, 0.29) is 11.8 Å². The minimum absolute atomic E-state index is 0.217. The Hall–Kier alpha value is -4.27. The summed E-state index contributed by atoms with van der Waals surface area (Å²) in [5.74, 6) is 1.99. The Morgan fingerprint density at radius 1 is 0.881 bits per heavy atom. The number of nitrogens with one attached hydrogen (secondary N) is 1. The Morgan fingerprint density at radius 3 is 2.26 bits per heavy atom. The Bertz CT molecular complexity index is 1670. The van der Waals surface area contributed by atoms with Crippen molar-refractivity contribution < 1.29 is 14.3 Å². The van der Waals surface area contributed by atoms with Gasteiger partial charge in [0, 0.05) is 11.3 Å². The van der Waals surface area contributed by atoms with Crippen LogP contribution in [0.1, 0.15) is 36.1 Å². The first-order valence-corrected chi connectivity index (χ1v) is 14.7. The number of rotatable bonds is 10. The van der Waals surface area contributed by atoms with Gasteiger partial charge in [0.25, 0.3) is 0 Å². The highest BCUT2D eigenvalue weighted by molar-refractivity contribution is 8.00. The lowest BCUT2D eigenvalue weighted by Gasteiger charge is -2.20. The number of carbonyl (C=O) groups excluding carboxylic acids is 1. The van der Waals surface area contributed by atoms with Crippen LogP contribution in [-0.2, 0) is 4.79 Å². The second kappa shape index (κ2) is 13.1. The standard InChI is InChI=1S/C33H31ClN4O3S/c1-21(2)26-12-8-9-13-28(26)38-31(23-14-17-25(40-3)18-15-23)36-37-33(38)42-30(22-10-6-5-7-11-22)32(39)35-24-16-19-29(41-4)27(34)20-24/h5-21,30H,1-4H3,(H,35,39)/t30-/m1/s1. The summed E-state index contributed by atoms with van der Waals surface area (Å²) in [7, 11) is 3.19. The molecule has 0 saturated heterocycles. The third kappa shape index (κ3) is 6.30. The van der Waals surface area contributed by atoms with Crippen molar-refractivity contribution in [3.05, 3.63) is 113 Å². The molecule has 0 saturated carbocycles. The molecule has 1 amide bonds. The Morgan fingerprint density at radius 2 is 1.60 bits per heavy atom. The summed E-state index contributed by atoms with van der Waals surface area (Å²) in [6.45, 7) is 4.31. The maximum absolute atomic E-state index is 13.9. The molecule has 0 fully saturated rings. The maximum atomic E-state index is 13.9. The van der Waals surface area contributed by atoms with E-state index in [9.17, 15) is 4.79 Å². The third-order valence-corrected chi connectivity index (χ3v) is 8.26. The van der Waals surface area contributed by atoms with Crippen molar-refractivity contribution in [3.63, 3.8) is 0 Å². The van der Waals surface area contributed by atoms with Crippen molar-refractivity contribution in [1.29, 1.82) is 0 Å². The summed E-state index contributed by atoms with van der Waals surface area (Å²) in [6, 6.07) is 30.7. The van der Waals surface area contributed by atoms with E-state index >= 15 is 0 Å². The fraction of sp³-hybridized carbons (Fsp3) is 0.182. The smallest absolute Gasteiger partial charge is 0.242 e. The lowest BCUT2D eigenvalue weighted by atomic mass is 10.0. The van der Waals surface area contributed by atoms with Crippen LogP contribution >= 0.6 is 23.4 Å². The van der Waals surface area contributed by atoms with Crippen molar-refractivity contribution in [2.45, 2.75) is 30.2 Å². The number of anilines is 1. The molecule has 0 aliphatic carbocycles. The number of halogens is 1. The van der Waals surface area contributed by atoms with E-state index in [0.717, 1.165) is 28.1 Å². The molecule has 0 unspecified atom stereocenters. The van der Waals surface area contributed by atoms with Gasteiger partial charge in [0.2, 0.25) is 5.91 Å². The zero-order valence-electron chi connectivity index (χ0n) is 23.7. The van der Waals surface area contributed by atoms with E-state index in [1.165, 1.54) is 11.8 Å². The van der Waals surface area contributed by atoms with Crippen molar-refractivity contribution in [1.82, 2.24) is 14.8 Å². The molecule has 0 bridgehead atoms. The normalized spacial score (nSPS) is 11.8. The lowest BCUT2D eigenvalue weighted by Crippen LogP contribution is -2.19. The van der Waals surface area contributed by atoms with E-state index in [0.29, 0.717) is 27.4 Å². The van der Waals surface area contributed by atoms with Gasteiger partial charge >= 0.3 is 0 Å². The molecule has 4 aromatic carbocycles. The zero-order chi connectivity index (χ0) is 29.6. The van der Waals surface area contributed by atoms with Crippen molar-refractivity contribution in [3.8, 4) is 28.6 Å². The Balaban J connectivity index is 1.59. The van der Waals surface area contributed by atoms with Crippen LogP contribution in [0, 0.1) is 0 Å². The van der Waals surface area contributed by atoms with Gasteiger partial charge in [0.05, 0.1) is 24.9 Å². The van der Waals surface area contributed by atoms with Gasteiger partial charge in [-0.3, -0.25) is 9.36 Å². The number of nitrogens with zero attached hydrogens (tertiary/aromatic N) is 3. The van der Waals surface area contributed by atoms with Gasteiger partial charge in [0.15, 0.2) is 11.0 Å². The topological polar surface area (TPSA) is 78.3 Å². The predicted molar refractivity (Wildman–Crippen MR) is 169 cm³/mol. The number of thioether (sulfide) groups is 1. The molecular formula is C33H31ClN4O3S. The van der Waals surface area contributed by atoms with Crippen LogP contribution in [0.3, 0.4) is 0 Å². The van der Waals surface area contributed by atoms with Gasteiger partial charge in [-0.05, 0) is 65.6 Å². The molecule has 1 heterocycles. The largest absolute Gasteiger partial charge is 0.497 e. The van der Waals surface area contributed by atoms with Gasteiger partial charge in [-0.1, -0.05) is 85.7 Å². The molecule has 9 heteroatoms. The molecular weight excluding hydrogens is 568 g/mol. The summed E-state index contributed by atoms with van der Waals surface area (Å²) < 4.78 is 12.7. The fourth-order valence-corrected chi connectivity index (χ4v) is 5.93. The van der Waals surface area contributed by atoms with Crippen LogP contribution in [0.2, 0.25) is 5.02 Å².